The molecule has 0 atom stereocenters. The molecule has 0 unspecified atom stereocenters. The van der Waals surface area contributed by atoms with Crippen LogP contribution in [0, 0.1) is 11.3 Å². The number of benzene rings is 1. The molecule has 7 heteroatoms. The summed E-state index contributed by atoms with van der Waals surface area (Å²) in [6.07, 6.45) is 1.58. The molecular formula is C14H14N4O2S. The number of hydrogen-bond donors (Lipinski definition) is 1. The van der Waals surface area contributed by atoms with Gasteiger partial charge in [0.1, 0.15) is 5.82 Å². The van der Waals surface area contributed by atoms with Crippen LogP contribution in [0.4, 0.5) is 11.5 Å². The minimum absolute atomic E-state index is 0.0419. The molecular weight excluding hydrogens is 288 g/mol. The summed E-state index contributed by atoms with van der Waals surface area (Å²) in [7, 11) is -3.78. The average Bonchev–Trinajstić information content (AvgIpc) is 2.49. The summed E-state index contributed by atoms with van der Waals surface area (Å²) in [5.74, 6) is 0.282. The minimum atomic E-state index is -3.78. The van der Waals surface area contributed by atoms with Crippen LogP contribution in [0.1, 0.15) is 6.42 Å². The summed E-state index contributed by atoms with van der Waals surface area (Å²) in [4.78, 5) is 4.17. The first-order chi connectivity index (χ1) is 10.1. The molecule has 1 aromatic heterocycles. The zero-order valence-corrected chi connectivity index (χ0v) is 12.0. The van der Waals surface area contributed by atoms with Crippen molar-refractivity contribution in [1.82, 2.24) is 4.98 Å². The molecule has 2 N–H and O–H groups in total. The number of anilines is 2. The molecule has 2 rings (SSSR count). The number of nitrogens with two attached hydrogens (primary N) is 1. The van der Waals surface area contributed by atoms with Crippen LogP contribution < -0.4 is 10.0 Å². The third kappa shape index (κ3) is 3.30. The fourth-order valence-electron chi connectivity index (χ4n) is 1.78. The van der Waals surface area contributed by atoms with E-state index >= 15 is 0 Å². The molecule has 0 saturated heterocycles. The van der Waals surface area contributed by atoms with Gasteiger partial charge in [-0.15, -0.1) is 0 Å². The number of nitrogen functional groups attached to an aromatic ring is 1. The van der Waals surface area contributed by atoms with Crippen LogP contribution >= 0.6 is 0 Å². The van der Waals surface area contributed by atoms with Crippen LogP contribution in [0.15, 0.2) is 53.6 Å². The maximum Gasteiger partial charge on any atom is 0.265 e. The number of hydrogen-bond acceptors (Lipinski definition) is 5. The number of aromatic nitrogens is 1. The lowest BCUT2D eigenvalue weighted by molar-refractivity contribution is 0.590. The Hall–Kier alpha value is -2.59. The third-order valence-corrected chi connectivity index (χ3v) is 4.62. The minimum Gasteiger partial charge on any atom is -0.399 e. The Morgan fingerprint density at radius 1 is 1.19 bits per heavy atom. The Bertz CT molecular complexity index is 737. The van der Waals surface area contributed by atoms with Crippen molar-refractivity contribution in [2.75, 3.05) is 16.6 Å². The van der Waals surface area contributed by atoms with Crippen LogP contribution in [-0.2, 0) is 10.0 Å². The number of nitriles is 1. The first-order valence-corrected chi connectivity index (χ1v) is 7.66. The van der Waals surface area contributed by atoms with E-state index in [4.69, 9.17) is 11.0 Å². The average molecular weight is 302 g/mol. The molecule has 21 heavy (non-hydrogen) atoms. The van der Waals surface area contributed by atoms with Crippen molar-refractivity contribution in [2.45, 2.75) is 11.3 Å². The quantitative estimate of drug-likeness (QED) is 0.848. The van der Waals surface area contributed by atoms with Crippen molar-refractivity contribution in [3.05, 3.63) is 48.7 Å². The van der Waals surface area contributed by atoms with Gasteiger partial charge >= 0.3 is 0 Å². The predicted molar refractivity (Wildman–Crippen MR) is 79.9 cm³/mol. The molecule has 0 spiro atoms. The maximum absolute atomic E-state index is 12.7. The van der Waals surface area contributed by atoms with Gasteiger partial charge in [-0.2, -0.15) is 5.26 Å². The molecule has 0 radical (unpaired) electrons. The molecule has 1 aromatic carbocycles. The Labute approximate surface area is 123 Å². The molecule has 2 aromatic rings. The fraction of sp³-hybridized carbons (Fsp3) is 0.143. The van der Waals surface area contributed by atoms with Crippen LogP contribution in [0.3, 0.4) is 0 Å². The van der Waals surface area contributed by atoms with Gasteiger partial charge in [-0.25, -0.2) is 17.7 Å². The largest absolute Gasteiger partial charge is 0.399 e. The number of pyridine rings is 1. The summed E-state index contributed by atoms with van der Waals surface area (Å²) in [5, 5.41) is 8.73. The molecule has 1 heterocycles. The van der Waals surface area contributed by atoms with E-state index < -0.39 is 10.0 Å². The van der Waals surface area contributed by atoms with Gasteiger partial charge in [-0.1, -0.05) is 6.07 Å². The van der Waals surface area contributed by atoms with Crippen molar-refractivity contribution in [2.24, 2.45) is 0 Å². The molecule has 108 valence electrons. The molecule has 0 bridgehead atoms. The molecule has 0 aliphatic heterocycles. The zero-order chi connectivity index (χ0) is 15.3. The van der Waals surface area contributed by atoms with Gasteiger partial charge in [0.2, 0.25) is 0 Å². The Kier molecular flexibility index (Phi) is 4.40. The van der Waals surface area contributed by atoms with Crippen LogP contribution in [0.2, 0.25) is 0 Å². The number of sulfonamides is 1. The van der Waals surface area contributed by atoms with Crippen molar-refractivity contribution in [3.63, 3.8) is 0 Å². The van der Waals surface area contributed by atoms with Gasteiger partial charge in [-0.05, 0) is 36.4 Å². The van der Waals surface area contributed by atoms with Crippen LogP contribution in [0.5, 0.6) is 0 Å². The maximum atomic E-state index is 12.7. The SMILES string of the molecule is N#CCCN(c1ccccn1)S(=O)(=O)c1ccc(N)cc1. The van der Waals surface area contributed by atoms with Crippen molar-refractivity contribution in [3.8, 4) is 6.07 Å². The summed E-state index contributed by atoms with van der Waals surface area (Å²) in [6.45, 7) is 0.0419. The first kappa shape index (κ1) is 14.8. The van der Waals surface area contributed by atoms with Gasteiger partial charge in [0.05, 0.1) is 17.4 Å². The number of rotatable bonds is 5. The molecule has 0 fully saturated rings. The topological polar surface area (TPSA) is 100 Å². The lowest BCUT2D eigenvalue weighted by Crippen LogP contribution is -2.32. The standard InChI is InChI=1S/C14H14N4O2S/c15-9-3-11-18(14-4-1-2-10-17-14)21(19,20)13-7-5-12(16)6-8-13/h1-2,4-8,10H,3,11,16H2. The lowest BCUT2D eigenvalue weighted by atomic mass is 10.3. The molecule has 6 nitrogen and oxygen atoms in total. The van der Waals surface area contributed by atoms with E-state index in [0.29, 0.717) is 5.69 Å². The highest BCUT2D eigenvalue weighted by Crippen LogP contribution is 2.22. The van der Waals surface area contributed by atoms with E-state index in [1.807, 2.05) is 6.07 Å². The zero-order valence-electron chi connectivity index (χ0n) is 11.2. The highest BCUT2D eigenvalue weighted by molar-refractivity contribution is 7.92. The van der Waals surface area contributed by atoms with E-state index in [1.54, 1.807) is 18.2 Å². The highest BCUT2D eigenvalue weighted by Gasteiger charge is 2.25. The fourth-order valence-corrected chi connectivity index (χ4v) is 3.20. The van der Waals surface area contributed by atoms with Gasteiger partial charge in [0.15, 0.2) is 0 Å². The monoisotopic (exact) mass is 302 g/mol. The molecule has 0 saturated carbocycles. The van der Waals surface area contributed by atoms with Crippen LogP contribution in [-0.4, -0.2) is 19.9 Å². The van der Waals surface area contributed by atoms with Crippen molar-refractivity contribution >= 4 is 21.5 Å². The van der Waals surface area contributed by atoms with E-state index in [0.717, 1.165) is 4.31 Å². The summed E-state index contributed by atoms with van der Waals surface area (Å²) in [5.41, 5.74) is 6.06. The Balaban J connectivity index is 2.45. The van der Waals surface area contributed by atoms with Gasteiger partial charge in [-0.3, -0.25) is 0 Å². The predicted octanol–water partition coefficient (Wildman–Crippen LogP) is 1.77. The number of nitrogens with zero attached hydrogens (tertiary/aromatic N) is 3. The van der Waals surface area contributed by atoms with E-state index in [2.05, 4.69) is 4.98 Å². The summed E-state index contributed by atoms with van der Waals surface area (Å²) < 4.78 is 26.5. The van der Waals surface area contributed by atoms with Crippen molar-refractivity contribution < 1.29 is 8.42 Å². The Morgan fingerprint density at radius 2 is 1.90 bits per heavy atom. The van der Waals surface area contributed by atoms with E-state index in [9.17, 15) is 8.42 Å². The molecule has 0 aliphatic carbocycles. The Morgan fingerprint density at radius 3 is 2.48 bits per heavy atom. The van der Waals surface area contributed by atoms with Crippen LogP contribution in [0.25, 0.3) is 0 Å². The smallest absolute Gasteiger partial charge is 0.265 e. The van der Waals surface area contributed by atoms with Gasteiger partial charge in [0, 0.05) is 18.4 Å². The molecule has 0 amide bonds. The second-order valence-corrected chi connectivity index (χ2v) is 6.10. The van der Waals surface area contributed by atoms with Gasteiger partial charge in [0.25, 0.3) is 10.0 Å². The second kappa shape index (κ2) is 6.24. The van der Waals surface area contributed by atoms with E-state index in [-0.39, 0.29) is 23.7 Å². The lowest BCUT2D eigenvalue weighted by Gasteiger charge is -2.22. The molecule has 0 aliphatic rings. The van der Waals surface area contributed by atoms with Crippen molar-refractivity contribution in [1.29, 1.82) is 5.26 Å². The normalized spacial score (nSPS) is 10.8. The summed E-state index contributed by atoms with van der Waals surface area (Å²) in [6, 6.07) is 12.8. The summed E-state index contributed by atoms with van der Waals surface area (Å²) >= 11 is 0. The van der Waals surface area contributed by atoms with E-state index in [1.165, 1.54) is 30.5 Å². The first-order valence-electron chi connectivity index (χ1n) is 6.22. The van der Waals surface area contributed by atoms with Gasteiger partial charge < -0.3 is 5.73 Å². The second-order valence-electron chi connectivity index (χ2n) is 4.24. The third-order valence-electron chi connectivity index (χ3n) is 2.80. The highest BCUT2D eigenvalue weighted by atomic mass is 32.2.